The molecule has 3 aromatic rings. The molecule has 30 heavy (non-hydrogen) atoms. The number of nitrogens with one attached hydrogen (secondary N) is 1. The molecule has 0 spiro atoms. The third-order valence-corrected chi connectivity index (χ3v) is 4.96. The lowest BCUT2D eigenvalue weighted by Crippen LogP contribution is -2.09. The van der Waals surface area contributed by atoms with Gasteiger partial charge in [0, 0.05) is 16.8 Å². The summed E-state index contributed by atoms with van der Waals surface area (Å²) in [5.41, 5.74) is 3.17. The number of anilines is 1. The lowest BCUT2D eigenvalue weighted by atomic mass is 10.0. The molecule has 1 aliphatic heterocycles. The van der Waals surface area contributed by atoms with Gasteiger partial charge in [-0.05, 0) is 42.0 Å². The van der Waals surface area contributed by atoms with E-state index in [1.807, 2.05) is 66.7 Å². The van der Waals surface area contributed by atoms with Crippen LogP contribution in [-0.4, -0.2) is 26.2 Å². The molecule has 0 fully saturated rings. The van der Waals surface area contributed by atoms with Crippen LogP contribution in [0.15, 0.2) is 66.7 Å². The number of ether oxygens (including phenoxy) is 3. The Bertz CT molecular complexity index is 1110. The second-order valence-electron chi connectivity index (χ2n) is 6.60. The van der Waals surface area contributed by atoms with E-state index in [0.29, 0.717) is 41.1 Å². The summed E-state index contributed by atoms with van der Waals surface area (Å²) < 4.78 is 16.9. The number of hydrogen-bond donors (Lipinski definition) is 1. The molecule has 1 N–H and O–H groups in total. The monoisotopic (exact) mass is 421 g/mol. The third kappa shape index (κ3) is 4.26. The Morgan fingerprint density at radius 1 is 0.900 bits per heavy atom. The molecule has 3 aromatic carbocycles. The van der Waals surface area contributed by atoms with Crippen molar-refractivity contribution in [3.63, 3.8) is 0 Å². The molecule has 4 rings (SSSR count). The van der Waals surface area contributed by atoms with E-state index < -0.39 is 0 Å². The van der Waals surface area contributed by atoms with E-state index in [9.17, 15) is 4.79 Å². The maximum atomic E-state index is 12.3. The normalized spacial score (nSPS) is 13.7. The number of rotatable bonds is 7. The molecule has 0 radical (unpaired) electrons. The van der Waals surface area contributed by atoms with Gasteiger partial charge in [0.05, 0.1) is 12.1 Å². The first kappa shape index (κ1) is 19.9. The minimum Gasteiger partial charge on any atom is -0.493 e. The third-order valence-electron chi connectivity index (χ3n) is 4.64. The average molecular weight is 422 g/mol. The fraction of sp³-hybridized carbons (Fsp3) is 0.125. The van der Waals surface area contributed by atoms with E-state index in [1.54, 1.807) is 13.2 Å². The van der Waals surface area contributed by atoms with Gasteiger partial charge in [-0.15, -0.1) is 0 Å². The van der Waals surface area contributed by atoms with Gasteiger partial charge in [0.15, 0.2) is 11.5 Å². The Morgan fingerprint density at radius 3 is 2.43 bits per heavy atom. The highest BCUT2D eigenvalue weighted by atomic mass is 35.5. The minimum atomic E-state index is -0.118. The van der Waals surface area contributed by atoms with Crippen LogP contribution in [0, 0.1) is 0 Å². The number of halogens is 1. The number of fused-ring (bicyclic) bond motifs is 1. The van der Waals surface area contributed by atoms with Gasteiger partial charge in [-0.3, -0.25) is 4.79 Å². The number of para-hydroxylation sites is 2. The summed E-state index contributed by atoms with van der Waals surface area (Å²) in [5, 5.41) is 3.43. The van der Waals surface area contributed by atoms with Crippen LogP contribution in [0.3, 0.4) is 0 Å². The molecule has 1 heterocycles. The van der Waals surface area contributed by atoms with Gasteiger partial charge in [-0.2, -0.15) is 0 Å². The highest BCUT2D eigenvalue weighted by molar-refractivity contribution is 6.35. The molecule has 0 aromatic heterocycles. The molecule has 5 nitrogen and oxygen atoms in total. The van der Waals surface area contributed by atoms with Crippen molar-refractivity contribution >= 4 is 34.8 Å². The van der Waals surface area contributed by atoms with Crippen molar-refractivity contribution in [2.75, 3.05) is 25.6 Å². The summed E-state index contributed by atoms with van der Waals surface area (Å²) in [5.74, 6) is 1.67. The van der Waals surface area contributed by atoms with Crippen LogP contribution >= 0.6 is 11.6 Å². The Balaban J connectivity index is 1.44. The molecule has 152 valence electrons. The van der Waals surface area contributed by atoms with E-state index in [2.05, 4.69) is 5.32 Å². The zero-order valence-corrected chi connectivity index (χ0v) is 17.1. The second kappa shape index (κ2) is 8.93. The van der Waals surface area contributed by atoms with Crippen LogP contribution in [0.5, 0.6) is 17.2 Å². The fourth-order valence-corrected chi connectivity index (χ4v) is 3.40. The zero-order chi connectivity index (χ0) is 20.9. The summed E-state index contributed by atoms with van der Waals surface area (Å²) in [6.45, 7) is 0.674. The zero-order valence-electron chi connectivity index (χ0n) is 16.4. The Morgan fingerprint density at radius 2 is 1.63 bits per heavy atom. The predicted octanol–water partition coefficient (Wildman–Crippen LogP) is 5.30. The summed E-state index contributed by atoms with van der Waals surface area (Å²) >= 11 is 6.08. The topological polar surface area (TPSA) is 56.8 Å². The van der Waals surface area contributed by atoms with Crippen molar-refractivity contribution in [2.45, 2.75) is 0 Å². The maximum absolute atomic E-state index is 12.3. The van der Waals surface area contributed by atoms with Gasteiger partial charge < -0.3 is 19.5 Å². The van der Waals surface area contributed by atoms with Gasteiger partial charge >= 0.3 is 0 Å². The first-order valence-corrected chi connectivity index (χ1v) is 9.84. The quantitative estimate of drug-likeness (QED) is 0.415. The van der Waals surface area contributed by atoms with E-state index >= 15 is 0 Å². The van der Waals surface area contributed by atoms with E-state index in [-0.39, 0.29) is 5.91 Å². The highest BCUT2D eigenvalue weighted by Crippen LogP contribution is 2.34. The summed E-state index contributed by atoms with van der Waals surface area (Å²) in [6, 6.07) is 20.5. The van der Waals surface area contributed by atoms with Crippen LogP contribution in [0.25, 0.3) is 11.6 Å². The molecule has 0 bridgehead atoms. The minimum absolute atomic E-state index is 0.118. The van der Waals surface area contributed by atoms with Crippen LogP contribution in [0.2, 0.25) is 5.02 Å². The van der Waals surface area contributed by atoms with Crippen LogP contribution in [-0.2, 0) is 4.79 Å². The Hall–Kier alpha value is -3.44. The first-order valence-electron chi connectivity index (χ1n) is 9.46. The van der Waals surface area contributed by atoms with Crippen molar-refractivity contribution in [3.8, 4) is 17.2 Å². The van der Waals surface area contributed by atoms with Crippen LogP contribution < -0.4 is 19.5 Å². The summed E-state index contributed by atoms with van der Waals surface area (Å²) in [7, 11) is 1.58. The molecular formula is C24H20ClNO4. The number of hydrogen-bond acceptors (Lipinski definition) is 4. The lowest BCUT2D eigenvalue weighted by Gasteiger charge is -2.12. The molecule has 0 saturated carbocycles. The highest BCUT2D eigenvalue weighted by Gasteiger charge is 2.23. The number of carbonyl (C=O) groups excluding carboxylic acids is 1. The van der Waals surface area contributed by atoms with Gasteiger partial charge in [-0.25, -0.2) is 0 Å². The molecule has 6 heteroatoms. The molecule has 1 aliphatic rings. The van der Waals surface area contributed by atoms with Gasteiger partial charge in [0.1, 0.15) is 19.0 Å². The summed E-state index contributed by atoms with van der Waals surface area (Å²) in [6.07, 6.45) is 1.84. The fourth-order valence-electron chi connectivity index (χ4n) is 3.21. The van der Waals surface area contributed by atoms with E-state index in [4.69, 9.17) is 25.8 Å². The number of carbonyl (C=O) groups is 1. The van der Waals surface area contributed by atoms with Crippen LogP contribution in [0.1, 0.15) is 11.1 Å². The molecule has 0 aliphatic carbocycles. The standard InChI is InChI=1S/C24H20ClNO4/c1-28-23-15-16(14-18-17-6-2-4-8-20(17)26-24(18)27)10-11-22(23)30-13-12-29-21-9-5-3-7-19(21)25/h2-11,14-15H,12-13H2,1H3,(H,26,27)/b18-14+. The smallest absolute Gasteiger partial charge is 0.256 e. The number of methoxy groups -OCH3 is 1. The Labute approximate surface area is 179 Å². The summed E-state index contributed by atoms with van der Waals surface area (Å²) in [4.78, 5) is 12.3. The average Bonchev–Trinajstić information content (AvgIpc) is 3.08. The number of amides is 1. The lowest BCUT2D eigenvalue weighted by molar-refractivity contribution is -0.110. The molecular weight excluding hydrogens is 402 g/mol. The Kier molecular flexibility index (Phi) is 5.91. The van der Waals surface area contributed by atoms with Gasteiger partial charge in [0.2, 0.25) is 0 Å². The van der Waals surface area contributed by atoms with Crippen molar-refractivity contribution in [2.24, 2.45) is 0 Å². The molecule has 0 saturated heterocycles. The van der Waals surface area contributed by atoms with Crippen molar-refractivity contribution in [3.05, 3.63) is 82.9 Å². The van der Waals surface area contributed by atoms with Crippen LogP contribution in [0.4, 0.5) is 5.69 Å². The van der Waals surface area contributed by atoms with Crippen molar-refractivity contribution in [1.29, 1.82) is 0 Å². The van der Waals surface area contributed by atoms with E-state index in [1.165, 1.54) is 0 Å². The maximum Gasteiger partial charge on any atom is 0.256 e. The van der Waals surface area contributed by atoms with Crippen molar-refractivity contribution in [1.82, 2.24) is 0 Å². The predicted molar refractivity (Wildman–Crippen MR) is 118 cm³/mol. The van der Waals surface area contributed by atoms with Crippen molar-refractivity contribution < 1.29 is 19.0 Å². The van der Waals surface area contributed by atoms with E-state index in [0.717, 1.165) is 16.8 Å². The van der Waals surface area contributed by atoms with Gasteiger partial charge in [0.25, 0.3) is 5.91 Å². The molecule has 0 atom stereocenters. The molecule has 0 unspecified atom stereocenters. The van der Waals surface area contributed by atoms with Gasteiger partial charge in [-0.1, -0.05) is 48.0 Å². The number of benzene rings is 3. The second-order valence-corrected chi connectivity index (χ2v) is 7.00. The first-order chi connectivity index (χ1) is 14.7. The molecule has 1 amide bonds. The largest absolute Gasteiger partial charge is 0.493 e. The SMILES string of the molecule is COc1cc(/C=C2/C(=O)Nc3ccccc32)ccc1OCCOc1ccccc1Cl.